The Morgan fingerprint density at radius 3 is 1.84 bits per heavy atom. The lowest BCUT2D eigenvalue weighted by molar-refractivity contribution is 1.30. The Labute approximate surface area is 187 Å². The molecule has 6 rings (SSSR count). The molecule has 0 fully saturated rings. The topological polar surface area (TPSA) is 17.8 Å². The fraction of sp³-hybridized carbons (Fsp3) is 0. The maximum Gasteiger partial charge on any atom is 0.328 e. The SMILES string of the molecule is c1ccc(B(c2ccccc2)n2c3ccccc3c3cccc(-c4ccccn4)c32)cc1. The molecule has 2 aromatic heterocycles. The van der Waals surface area contributed by atoms with Crippen molar-refractivity contribution in [1.29, 1.82) is 0 Å². The second kappa shape index (κ2) is 7.86. The van der Waals surface area contributed by atoms with Crippen molar-refractivity contribution in [3.05, 3.63) is 128 Å². The van der Waals surface area contributed by atoms with Gasteiger partial charge in [-0.1, -0.05) is 114 Å². The van der Waals surface area contributed by atoms with Gasteiger partial charge in [0.1, 0.15) is 0 Å². The molecule has 2 nitrogen and oxygen atoms in total. The average Bonchev–Trinajstić information content (AvgIpc) is 3.21. The Kier molecular flexibility index (Phi) is 4.58. The minimum atomic E-state index is 0.0460. The number of hydrogen-bond donors (Lipinski definition) is 0. The summed E-state index contributed by atoms with van der Waals surface area (Å²) in [5.74, 6) is 0. The van der Waals surface area contributed by atoms with Crippen molar-refractivity contribution in [2.45, 2.75) is 0 Å². The molecule has 0 N–H and O–H groups in total. The van der Waals surface area contributed by atoms with Gasteiger partial charge in [0.2, 0.25) is 0 Å². The van der Waals surface area contributed by atoms with Crippen LogP contribution in [0.1, 0.15) is 0 Å². The van der Waals surface area contributed by atoms with Crippen molar-refractivity contribution in [3.8, 4) is 11.3 Å². The van der Waals surface area contributed by atoms with E-state index >= 15 is 0 Å². The van der Waals surface area contributed by atoms with Crippen LogP contribution in [0.15, 0.2) is 128 Å². The molecule has 0 unspecified atom stereocenters. The minimum Gasteiger partial charge on any atom is -0.375 e. The van der Waals surface area contributed by atoms with Crippen LogP contribution in [0.2, 0.25) is 0 Å². The Bertz CT molecular complexity index is 1470. The summed E-state index contributed by atoms with van der Waals surface area (Å²) in [6.07, 6.45) is 1.87. The lowest BCUT2D eigenvalue weighted by Gasteiger charge is -2.20. The third-order valence-electron chi connectivity index (χ3n) is 6.16. The molecule has 6 aromatic rings. The lowest BCUT2D eigenvalue weighted by Crippen LogP contribution is -2.48. The summed E-state index contributed by atoms with van der Waals surface area (Å²) < 4.78 is 2.50. The van der Waals surface area contributed by atoms with E-state index in [4.69, 9.17) is 4.98 Å². The number of nitrogens with zero attached hydrogens (tertiary/aromatic N) is 2. The maximum atomic E-state index is 4.70. The van der Waals surface area contributed by atoms with Crippen molar-refractivity contribution in [3.63, 3.8) is 0 Å². The van der Waals surface area contributed by atoms with E-state index in [0.717, 1.165) is 11.3 Å². The van der Waals surface area contributed by atoms with E-state index in [-0.39, 0.29) is 6.85 Å². The van der Waals surface area contributed by atoms with Crippen LogP contribution in [0.5, 0.6) is 0 Å². The first kappa shape index (κ1) is 18.6. The Balaban J connectivity index is 1.78. The smallest absolute Gasteiger partial charge is 0.328 e. The van der Waals surface area contributed by atoms with Gasteiger partial charge in [-0.2, -0.15) is 0 Å². The Morgan fingerprint density at radius 2 is 1.16 bits per heavy atom. The fourth-order valence-corrected chi connectivity index (χ4v) is 4.81. The van der Waals surface area contributed by atoms with Crippen LogP contribution < -0.4 is 10.9 Å². The molecule has 0 aliphatic rings. The zero-order valence-corrected chi connectivity index (χ0v) is 17.6. The Morgan fingerprint density at radius 1 is 0.531 bits per heavy atom. The van der Waals surface area contributed by atoms with E-state index in [1.807, 2.05) is 12.3 Å². The number of para-hydroxylation sites is 2. The highest BCUT2D eigenvalue weighted by Crippen LogP contribution is 2.35. The highest BCUT2D eigenvalue weighted by atomic mass is 14.9. The number of fused-ring (bicyclic) bond motifs is 3. The summed E-state index contributed by atoms with van der Waals surface area (Å²) in [5, 5.41) is 2.51. The molecule has 0 spiro atoms. The predicted molar refractivity (Wildman–Crippen MR) is 136 cm³/mol. The Hall–Kier alpha value is -4.11. The maximum absolute atomic E-state index is 4.70. The van der Waals surface area contributed by atoms with E-state index in [1.54, 1.807) is 0 Å². The third kappa shape index (κ3) is 3.02. The largest absolute Gasteiger partial charge is 0.375 e. The number of aromatic nitrogens is 2. The standard InChI is InChI=1S/C29H21BN2/c1-3-12-22(13-4-1)30(23-14-5-2-6-15-23)32-28-20-8-7-16-24(28)25-17-11-18-26(29(25)32)27-19-9-10-21-31-27/h1-21H. The van der Waals surface area contributed by atoms with Crippen molar-refractivity contribution < 1.29 is 0 Å². The van der Waals surface area contributed by atoms with Gasteiger partial charge in [0, 0.05) is 33.6 Å². The van der Waals surface area contributed by atoms with Crippen LogP contribution in [0, 0.1) is 0 Å². The molecular formula is C29H21BN2. The molecule has 0 aliphatic heterocycles. The van der Waals surface area contributed by atoms with Crippen LogP contribution in [-0.2, 0) is 0 Å². The molecule has 0 amide bonds. The molecule has 4 aromatic carbocycles. The average molecular weight is 408 g/mol. The highest BCUT2D eigenvalue weighted by Gasteiger charge is 2.27. The van der Waals surface area contributed by atoms with E-state index < -0.39 is 0 Å². The monoisotopic (exact) mass is 408 g/mol. The fourth-order valence-electron chi connectivity index (χ4n) is 4.81. The molecule has 0 atom stereocenters. The number of hydrogen-bond acceptors (Lipinski definition) is 1. The molecule has 0 aliphatic carbocycles. The first-order valence-electron chi connectivity index (χ1n) is 10.9. The second-order valence-electron chi connectivity index (χ2n) is 8.03. The van der Waals surface area contributed by atoms with Crippen molar-refractivity contribution in [2.75, 3.05) is 0 Å². The van der Waals surface area contributed by atoms with Gasteiger partial charge < -0.3 is 4.48 Å². The molecule has 3 heteroatoms. The number of pyridine rings is 1. The van der Waals surface area contributed by atoms with Gasteiger partial charge in [-0.05, 0) is 18.2 Å². The van der Waals surface area contributed by atoms with Crippen LogP contribution in [-0.4, -0.2) is 16.3 Å². The van der Waals surface area contributed by atoms with Crippen molar-refractivity contribution in [1.82, 2.24) is 9.46 Å². The normalized spacial score (nSPS) is 11.1. The summed E-state index contributed by atoms with van der Waals surface area (Å²) >= 11 is 0. The molecule has 0 radical (unpaired) electrons. The number of rotatable bonds is 4. The van der Waals surface area contributed by atoms with E-state index in [1.165, 1.54) is 32.7 Å². The van der Waals surface area contributed by atoms with E-state index in [0.29, 0.717) is 0 Å². The van der Waals surface area contributed by atoms with Gasteiger partial charge in [-0.15, -0.1) is 0 Å². The summed E-state index contributed by atoms with van der Waals surface area (Å²) in [6, 6.07) is 42.9. The predicted octanol–water partition coefficient (Wildman–Crippen LogP) is 5.51. The third-order valence-corrected chi connectivity index (χ3v) is 6.16. The number of benzene rings is 4. The van der Waals surface area contributed by atoms with Crippen molar-refractivity contribution >= 4 is 39.6 Å². The van der Waals surface area contributed by atoms with Gasteiger partial charge in [-0.3, -0.25) is 4.98 Å². The molecular weight excluding hydrogens is 387 g/mol. The summed E-state index contributed by atoms with van der Waals surface area (Å²) in [5.41, 5.74) is 7.10. The lowest BCUT2D eigenvalue weighted by atomic mass is 9.50. The molecule has 0 bridgehead atoms. The molecule has 150 valence electrons. The van der Waals surface area contributed by atoms with Crippen molar-refractivity contribution in [2.24, 2.45) is 0 Å². The minimum absolute atomic E-state index is 0.0460. The van der Waals surface area contributed by atoms with Crippen LogP contribution in [0.4, 0.5) is 0 Å². The zero-order valence-electron chi connectivity index (χ0n) is 17.6. The molecule has 32 heavy (non-hydrogen) atoms. The van der Waals surface area contributed by atoms with E-state index in [2.05, 4.69) is 120 Å². The van der Waals surface area contributed by atoms with Gasteiger partial charge in [0.05, 0.1) is 5.69 Å². The molecule has 0 saturated carbocycles. The molecule has 0 saturated heterocycles. The quantitative estimate of drug-likeness (QED) is 0.352. The van der Waals surface area contributed by atoms with Crippen LogP contribution in [0.3, 0.4) is 0 Å². The summed E-state index contributed by atoms with van der Waals surface area (Å²) in [6.45, 7) is 0.0460. The van der Waals surface area contributed by atoms with E-state index in [9.17, 15) is 0 Å². The van der Waals surface area contributed by atoms with Gasteiger partial charge in [0.25, 0.3) is 0 Å². The first-order valence-corrected chi connectivity index (χ1v) is 10.9. The second-order valence-corrected chi connectivity index (χ2v) is 8.03. The summed E-state index contributed by atoms with van der Waals surface area (Å²) in [7, 11) is 0. The van der Waals surface area contributed by atoms with Gasteiger partial charge in [0.15, 0.2) is 0 Å². The van der Waals surface area contributed by atoms with Gasteiger partial charge >= 0.3 is 6.85 Å². The summed E-state index contributed by atoms with van der Waals surface area (Å²) in [4.78, 5) is 4.70. The van der Waals surface area contributed by atoms with Gasteiger partial charge in [-0.25, -0.2) is 0 Å². The first-order chi connectivity index (χ1) is 15.9. The molecule has 2 heterocycles. The highest BCUT2D eigenvalue weighted by molar-refractivity contribution is 6.85. The van der Waals surface area contributed by atoms with Crippen LogP contribution >= 0.6 is 0 Å². The zero-order chi connectivity index (χ0) is 21.3. The van der Waals surface area contributed by atoms with Crippen LogP contribution in [0.25, 0.3) is 33.1 Å².